The summed E-state index contributed by atoms with van der Waals surface area (Å²) in [6, 6.07) is 4.62. The molecule has 0 bridgehead atoms. The van der Waals surface area contributed by atoms with Gasteiger partial charge in [-0.15, -0.1) is 0 Å². The van der Waals surface area contributed by atoms with Crippen LogP contribution in [0.1, 0.15) is 10.4 Å². The lowest BCUT2D eigenvalue weighted by Gasteiger charge is -2.20. The van der Waals surface area contributed by atoms with Crippen molar-refractivity contribution in [2.45, 2.75) is 0 Å². The molecule has 0 radical (unpaired) electrons. The lowest BCUT2D eigenvalue weighted by molar-refractivity contribution is -0.144. The van der Waals surface area contributed by atoms with Crippen molar-refractivity contribution in [1.82, 2.24) is 4.90 Å². The standard InChI is InChI=1S/C13H15BrN2O5/c1-20-11(17)6-16(7-12(18)21-2)13(19)8-3-9(14)5-10(15)4-8/h3-5H,6-7,15H2,1-2H3. The average Bonchev–Trinajstić information content (AvgIpc) is 2.44. The predicted molar refractivity (Wildman–Crippen MR) is 78.5 cm³/mol. The molecule has 2 N–H and O–H groups in total. The summed E-state index contributed by atoms with van der Waals surface area (Å²) in [6.45, 7) is -0.728. The minimum Gasteiger partial charge on any atom is -0.468 e. The van der Waals surface area contributed by atoms with Crippen molar-refractivity contribution in [3.63, 3.8) is 0 Å². The van der Waals surface area contributed by atoms with Gasteiger partial charge in [0, 0.05) is 15.7 Å². The number of hydrogen-bond acceptors (Lipinski definition) is 6. The van der Waals surface area contributed by atoms with Crippen LogP contribution in [0.3, 0.4) is 0 Å². The Bertz CT molecular complexity index is 523. The van der Waals surface area contributed by atoms with Gasteiger partial charge in [0.05, 0.1) is 14.2 Å². The lowest BCUT2D eigenvalue weighted by Crippen LogP contribution is -2.40. The van der Waals surface area contributed by atoms with Gasteiger partial charge in [0.2, 0.25) is 0 Å². The smallest absolute Gasteiger partial charge is 0.325 e. The SMILES string of the molecule is COC(=O)CN(CC(=O)OC)C(=O)c1cc(N)cc(Br)c1. The molecule has 1 aromatic carbocycles. The first-order chi connectivity index (χ1) is 9.87. The molecule has 0 unspecified atom stereocenters. The third-order valence-corrected chi connectivity index (χ3v) is 3.01. The fourth-order valence-electron chi connectivity index (χ4n) is 1.56. The van der Waals surface area contributed by atoms with Crippen LogP contribution in [-0.4, -0.2) is 50.1 Å². The molecule has 0 atom stereocenters. The van der Waals surface area contributed by atoms with Crippen LogP contribution < -0.4 is 5.73 Å². The highest BCUT2D eigenvalue weighted by Gasteiger charge is 2.22. The Balaban J connectivity index is 3.02. The van der Waals surface area contributed by atoms with Crippen LogP contribution in [0.2, 0.25) is 0 Å². The molecular weight excluding hydrogens is 344 g/mol. The third-order valence-electron chi connectivity index (χ3n) is 2.55. The van der Waals surface area contributed by atoms with Gasteiger partial charge in [-0.3, -0.25) is 14.4 Å². The van der Waals surface area contributed by atoms with Gasteiger partial charge in [0.15, 0.2) is 0 Å². The molecule has 8 heteroatoms. The van der Waals surface area contributed by atoms with Crippen LogP contribution in [0, 0.1) is 0 Å². The Morgan fingerprint density at radius 2 is 1.62 bits per heavy atom. The van der Waals surface area contributed by atoms with Crippen LogP contribution in [0.25, 0.3) is 0 Å². The van der Waals surface area contributed by atoms with Crippen molar-refractivity contribution < 1.29 is 23.9 Å². The number of nitrogen functional groups attached to an aromatic ring is 1. The zero-order valence-corrected chi connectivity index (χ0v) is 13.2. The fourth-order valence-corrected chi connectivity index (χ4v) is 2.07. The number of carbonyl (C=O) groups is 3. The van der Waals surface area contributed by atoms with Crippen LogP contribution in [0.15, 0.2) is 22.7 Å². The molecule has 0 heterocycles. The van der Waals surface area contributed by atoms with Gasteiger partial charge in [-0.05, 0) is 18.2 Å². The van der Waals surface area contributed by atoms with Crippen LogP contribution in [-0.2, 0) is 19.1 Å². The first-order valence-corrected chi connectivity index (χ1v) is 6.65. The van der Waals surface area contributed by atoms with Crippen molar-refractivity contribution in [2.75, 3.05) is 33.0 Å². The predicted octanol–water partition coefficient (Wildman–Crippen LogP) is 0.819. The maximum absolute atomic E-state index is 12.4. The monoisotopic (exact) mass is 358 g/mol. The van der Waals surface area contributed by atoms with E-state index in [1.807, 2.05) is 0 Å². The number of benzene rings is 1. The number of methoxy groups -OCH3 is 2. The number of rotatable bonds is 5. The average molecular weight is 359 g/mol. The maximum Gasteiger partial charge on any atom is 0.325 e. The zero-order chi connectivity index (χ0) is 16.0. The Morgan fingerprint density at radius 1 is 1.10 bits per heavy atom. The number of anilines is 1. The number of nitrogens with two attached hydrogens (primary N) is 1. The second kappa shape index (κ2) is 7.63. The molecule has 1 rings (SSSR count). The van der Waals surface area contributed by atoms with Crippen molar-refractivity contribution in [3.8, 4) is 0 Å². The molecule has 0 fully saturated rings. The first kappa shape index (κ1) is 17.0. The molecule has 21 heavy (non-hydrogen) atoms. The molecule has 0 aliphatic heterocycles. The Hall–Kier alpha value is -2.09. The normalized spacial score (nSPS) is 9.86. The molecule has 1 amide bonds. The van der Waals surface area contributed by atoms with Crippen LogP contribution in [0.4, 0.5) is 5.69 Å². The summed E-state index contributed by atoms with van der Waals surface area (Å²) in [5, 5.41) is 0. The molecule has 0 saturated carbocycles. The molecule has 0 aliphatic carbocycles. The Morgan fingerprint density at radius 3 is 2.05 bits per heavy atom. The largest absolute Gasteiger partial charge is 0.468 e. The summed E-state index contributed by atoms with van der Waals surface area (Å²) in [4.78, 5) is 36.1. The number of nitrogens with zero attached hydrogens (tertiary/aromatic N) is 1. The minimum absolute atomic E-state index is 0.245. The number of ether oxygens (including phenoxy) is 2. The molecule has 1 aromatic rings. The van der Waals surface area contributed by atoms with E-state index in [0.29, 0.717) is 10.2 Å². The van der Waals surface area contributed by atoms with E-state index in [0.717, 1.165) is 4.90 Å². The van der Waals surface area contributed by atoms with Gasteiger partial charge >= 0.3 is 11.9 Å². The van der Waals surface area contributed by atoms with Crippen molar-refractivity contribution in [2.24, 2.45) is 0 Å². The summed E-state index contributed by atoms with van der Waals surface area (Å²) in [7, 11) is 2.39. The Kier molecular flexibility index (Phi) is 6.16. The number of amides is 1. The van der Waals surface area contributed by atoms with E-state index in [-0.39, 0.29) is 18.7 Å². The van der Waals surface area contributed by atoms with Gasteiger partial charge < -0.3 is 20.1 Å². The quantitative estimate of drug-likeness (QED) is 0.617. The van der Waals surface area contributed by atoms with E-state index in [1.165, 1.54) is 20.3 Å². The summed E-state index contributed by atoms with van der Waals surface area (Å²) in [6.07, 6.45) is 0. The second-order valence-corrected chi connectivity index (χ2v) is 5.00. The lowest BCUT2D eigenvalue weighted by atomic mass is 10.1. The highest BCUT2D eigenvalue weighted by atomic mass is 79.9. The molecule has 7 nitrogen and oxygen atoms in total. The molecule has 0 spiro atoms. The molecular formula is C13H15BrN2O5. The van der Waals surface area contributed by atoms with Gasteiger partial charge in [0.25, 0.3) is 5.91 Å². The van der Waals surface area contributed by atoms with E-state index in [1.54, 1.807) is 12.1 Å². The number of carbonyl (C=O) groups excluding carboxylic acids is 3. The van der Waals surface area contributed by atoms with Gasteiger partial charge in [-0.2, -0.15) is 0 Å². The summed E-state index contributed by atoms with van der Waals surface area (Å²) in [5.41, 5.74) is 6.29. The summed E-state index contributed by atoms with van der Waals surface area (Å²) in [5.74, 6) is -1.82. The molecule has 114 valence electrons. The third kappa shape index (κ3) is 5.07. The summed E-state index contributed by atoms with van der Waals surface area (Å²) >= 11 is 3.23. The van der Waals surface area contributed by atoms with E-state index in [9.17, 15) is 14.4 Å². The van der Waals surface area contributed by atoms with E-state index in [4.69, 9.17) is 5.73 Å². The van der Waals surface area contributed by atoms with Gasteiger partial charge in [-0.25, -0.2) is 0 Å². The highest BCUT2D eigenvalue weighted by Crippen LogP contribution is 2.18. The van der Waals surface area contributed by atoms with Crippen molar-refractivity contribution in [1.29, 1.82) is 0 Å². The van der Waals surface area contributed by atoms with Crippen LogP contribution in [0.5, 0.6) is 0 Å². The fraction of sp³-hybridized carbons (Fsp3) is 0.308. The molecule has 0 saturated heterocycles. The Labute approximate surface area is 130 Å². The number of esters is 2. The number of halogens is 1. The van der Waals surface area contributed by atoms with Crippen molar-refractivity contribution in [3.05, 3.63) is 28.2 Å². The maximum atomic E-state index is 12.4. The van der Waals surface area contributed by atoms with E-state index >= 15 is 0 Å². The van der Waals surface area contributed by atoms with Crippen LogP contribution >= 0.6 is 15.9 Å². The van der Waals surface area contributed by atoms with E-state index in [2.05, 4.69) is 25.4 Å². The summed E-state index contributed by atoms with van der Waals surface area (Å²) < 4.78 is 9.63. The number of hydrogen-bond donors (Lipinski definition) is 1. The highest BCUT2D eigenvalue weighted by molar-refractivity contribution is 9.10. The molecule has 0 aliphatic rings. The zero-order valence-electron chi connectivity index (χ0n) is 11.6. The second-order valence-electron chi connectivity index (χ2n) is 4.09. The first-order valence-electron chi connectivity index (χ1n) is 5.86. The molecule has 0 aromatic heterocycles. The van der Waals surface area contributed by atoms with Gasteiger partial charge in [0.1, 0.15) is 13.1 Å². The topological polar surface area (TPSA) is 98.9 Å². The van der Waals surface area contributed by atoms with E-state index < -0.39 is 17.8 Å². The minimum atomic E-state index is -0.643. The van der Waals surface area contributed by atoms with Gasteiger partial charge in [-0.1, -0.05) is 15.9 Å². The van der Waals surface area contributed by atoms with Crippen molar-refractivity contribution >= 4 is 39.5 Å².